The average molecular weight is 1050 g/mol. The van der Waals surface area contributed by atoms with Crippen molar-refractivity contribution in [1.29, 1.82) is 0 Å². The van der Waals surface area contributed by atoms with E-state index >= 15 is 17.6 Å². The average Bonchev–Trinajstić information content (AvgIpc) is 4.26. The largest absolute Gasteiger partial charge is 0.508 e. The highest BCUT2D eigenvalue weighted by Crippen LogP contribution is 2.42. The summed E-state index contributed by atoms with van der Waals surface area (Å²) in [6.07, 6.45) is 9.59. The number of amides is 3. The van der Waals surface area contributed by atoms with E-state index in [2.05, 4.69) is 20.6 Å². The van der Waals surface area contributed by atoms with Crippen LogP contribution in [0.3, 0.4) is 0 Å². The number of allylic oxidation sites excluding steroid dienone is 1. The van der Waals surface area contributed by atoms with Crippen LogP contribution in [0.2, 0.25) is 0 Å². The Hall–Kier alpha value is -8.55. The van der Waals surface area contributed by atoms with E-state index in [1.54, 1.807) is 79.7 Å². The summed E-state index contributed by atoms with van der Waals surface area (Å²) in [7, 11) is 2.62. The number of rotatable bonds is 17. The summed E-state index contributed by atoms with van der Waals surface area (Å²) in [4.78, 5) is 52.9. The lowest BCUT2D eigenvalue weighted by molar-refractivity contribution is -0.134. The van der Waals surface area contributed by atoms with Gasteiger partial charge < -0.3 is 35.9 Å². The maximum atomic E-state index is 16.9. The number of nitrogens with zero attached hydrogens (tertiary/aromatic N) is 3. The summed E-state index contributed by atoms with van der Waals surface area (Å²) >= 11 is 0. The van der Waals surface area contributed by atoms with Crippen LogP contribution in [0.15, 0.2) is 109 Å². The molecule has 0 aliphatic carbocycles. The number of imide groups is 1. The number of aromatic nitrogens is 4. The van der Waals surface area contributed by atoms with Gasteiger partial charge >= 0.3 is 0 Å². The van der Waals surface area contributed by atoms with Crippen molar-refractivity contribution in [1.82, 2.24) is 30.2 Å². The van der Waals surface area contributed by atoms with Gasteiger partial charge in [-0.25, -0.2) is 27.5 Å². The summed E-state index contributed by atoms with van der Waals surface area (Å²) in [5.74, 6) is -7.07. The minimum Gasteiger partial charge on any atom is -0.508 e. The van der Waals surface area contributed by atoms with E-state index in [1.807, 2.05) is 12.1 Å². The Morgan fingerprint density at radius 2 is 1.03 bits per heavy atom. The van der Waals surface area contributed by atoms with Crippen LogP contribution in [0.1, 0.15) is 36.1 Å². The van der Waals surface area contributed by atoms with Gasteiger partial charge in [0.1, 0.15) is 22.9 Å². The Labute approximate surface area is 434 Å². The van der Waals surface area contributed by atoms with Crippen molar-refractivity contribution in [2.75, 3.05) is 36.5 Å². The van der Waals surface area contributed by atoms with Crippen molar-refractivity contribution in [2.45, 2.75) is 13.3 Å². The minimum absolute atomic E-state index is 0.0172. The molecule has 2 aliphatic heterocycles. The second kappa shape index (κ2) is 22.7. The SMILES string of the molecule is C/C=C\C(=O)N(C=O)CCC(=O)NCCSSCCNc1c(F)c(F)c(-c2c3nc(c(-c4cccc(O)c4)c4ccc([nH]4)c(-c4cccc(O)c4)c4nc(c(-c5cccc(O)c5)c5ccc2[nH]5)C=C4)C=C3)c(F)c1F. The third-order valence-corrected chi connectivity index (χ3v) is 14.5. The number of halogens is 4. The quantitative estimate of drug-likeness (QED) is 0.0114. The number of nitrogens with one attached hydrogen (secondary N) is 4. The van der Waals surface area contributed by atoms with Crippen LogP contribution in [0.5, 0.6) is 17.2 Å². The van der Waals surface area contributed by atoms with Gasteiger partial charge in [0.05, 0.1) is 28.3 Å². The molecule has 0 saturated carbocycles. The number of anilines is 1. The number of H-pyrrole nitrogens is 2. The molecule has 5 heterocycles. The predicted octanol–water partition coefficient (Wildman–Crippen LogP) is 11.9. The van der Waals surface area contributed by atoms with Crippen molar-refractivity contribution in [2.24, 2.45) is 0 Å². The number of fused-ring (bicyclic) bond motifs is 8. The molecule has 8 bridgehead atoms. The number of phenolic OH excluding ortho intramolecular Hbond substituents is 3. The second-order valence-electron chi connectivity index (χ2n) is 17.0. The third-order valence-electron chi connectivity index (χ3n) is 12.0. The molecule has 13 nitrogen and oxygen atoms in total. The normalized spacial score (nSPS) is 11.9. The number of benzene rings is 4. The molecule has 9 rings (SSSR count). The molecule has 75 heavy (non-hydrogen) atoms. The molecule has 0 unspecified atom stereocenters. The van der Waals surface area contributed by atoms with Gasteiger partial charge in [-0.05, 0) is 115 Å². The van der Waals surface area contributed by atoms with E-state index in [0.717, 1.165) is 4.90 Å². The van der Waals surface area contributed by atoms with Crippen molar-refractivity contribution in [3.05, 3.63) is 155 Å². The Bertz CT molecular complexity index is 3600. The van der Waals surface area contributed by atoms with Gasteiger partial charge in [-0.2, -0.15) is 0 Å². The molecule has 0 fully saturated rings. The molecular formula is C56H45F4N7O6S2. The zero-order chi connectivity index (χ0) is 52.8. The first-order valence-corrected chi connectivity index (χ1v) is 25.9. The van der Waals surface area contributed by atoms with E-state index in [-0.39, 0.29) is 77.4 Å². The van der Waals surface area contributed by atoms with Crippen LogP contribution in [-0.2, 0) is 14.4 Å². The van der Waals surface area contributed by atoms with Gasteiger partial charge in [0.25, 0.3) is 5.91 Å². The highest BCUT2D eigenvalue weighted by molar-refractivity contribution is 8.76. The molecule has 2 aliphatic rings. The van der Waals surface area contributed by atoms with Crippen molar-refractivity contribution in [3.8, 4) is 61.8 Å². The van der Waals surface area contributed by atoms with Crippen molar-refractivity contribution in [3.63, 3.8) is 0 Å². The maximum Gasteiger partial charge on any atom is 0.252 e. The van der Waals surface area contributed by atoms with E-state index in [1.165, 1.54) is 70.1 Å². The van der Waals surface area contributed by atoms with Gasteiger partial charge in [0.15, 0.2) is 23.3 Å². The van der Waals surface area contributed by atoms with Crippen molar-refractivity contribution >= 4 is 91.9 Å². The molecule has 3 amide bonds. The van der Waals surface area contributed by atoms with Crippen LogP contribution < -0.4 is 10.6 Å². The van der Waals surface area contributed by atoms with Gasteiger partial charge in [-0.1, -0.05) is 64.1 Å². The molecule has 0 atom stereocenters. The van der Waals surface area contributed by atoms with Crippen LogP contribution in [0.25, 0.3) is 90.9 Å². The molecule has 380 valence electrons. The monoisotopic (exact) mass is 1050 g/mol. The fraction of sp³-hybridized carbons (Fsp3) is 0.125. The second-order valence-corrected chi connectivity index (χ2v) is 19.7. The number of hydrogen-bond donors (Lipinski definition) is 7. The van der Waals surface area contributed by atoms with Crippen LogP contribution in [0, 0.1) is 23.3 Å². The standard InChI is InChI=1S/C56H45F4N7O6S2/c1-2-6-46(73)67(30-68)24-21-45(72)61-22-25-74-75-26-23-62-56-54(59)52(57)51(53(58)55(56)60)50-43-19-17-41(65-43)48(32-8-4-11-35(70)28-32)39-15-13-37(63-39)47(31-7-3-10-34(69)27-31)38-14-16-40(64-38)49(42-18-20-44(50)66-42)33-9-5-12-36(71)29-33/h2-20,27-30,62-63,66,69-71H,21-26H2,1H3,(H,61,72)/b6-2-,47-37?,47-38?,48-39?,48-41?,49-40?,49-42?,50-43?,50-44?. The smallest absolute Gasteiger partial charge is 0.252 e. The lowest BCUT2D eigenvalue weighted by Crippen LogP contribution is -2.34. The van der Waals surface area contributed by atoms with Crippen LogP contribution >= 0.6 is 21.6 Å². The molecule has 0 spiro atoms. The molecule has 3 aromatic heterocycles. The first-order chi connectivity index (χ1) is 36.3. The molecular weight excluding hydrogens is 1010 g/mol. The zero-order valence-electron chi connectivity index (χ0n) is 39.8. The topological polar surface area (TPSA) is 197 Å². The van der Waals surface area contributed by atoms with Gasteiger partial charge in [0, 0.05) is 81.9 Å². The number of hydrogen-bond acceptors (Lipinski definition) is 11. The Balaban J connectivity index is 1.12. The summed E-state index contributed by atoms with van der Waals surface area (Å²) in [6, 6.07) is 26.2. The van der Waals surface area contributed by atoms with E-state index in [0.29, 0.717) is 73.5 Å². The number of aromatic hydroxyl groups is 3. The molecule has 7 aromatic rings. The molecule has 4 aromatic carbocycles. The Morgan fingerprint density at radius 3 is 1.45 bits per heavy atom. The third kappa shape index (κ3) is 11.0. The van der Waals surface area contributed by atoms with E-state index < -0.39 is 40.4 Å². The van der Waals surface area contributed by atoms with Crippen LogP contribution in [-0.4, -0.2) is 89.5 Å². The molecule has 0 radical (unpaired) electrons. The van der Waals surface area contributed by atoms with Gasteiger partial charge in [-0.3, -0.25) is 19.3 Å². The summed E-state index contributed by atoms with van der Waals surface area (Å²) < 4.78 is 66.5. The Morgan fingerprint density at radius 1 is 0.600 bits per heavy atom. The maximum absolute atomic E-state index is 16.9. The summed E-state index contributed by atoms with van der Waals surface area (Å²) in [5, 5.41) is 37.2. The minimum atomic E-state index is -1.69. The first kappa shape index (κ1) is 51.4. The fourth-order valence-corrected chi connectivity index (χ4v) is 10.5. The summed E-state index contributed by atoms with van der Waals surface area (Å²) in [5.41, 5.74) is 3.28. The number of aromatic amines is 2. The molecule has 7 N–H and O–H groups in total. The molecule has 0 saturated heterocycles. The first-order valence-electron chi connectivity index (χ1n) is 23.4. The van der Waals surface area contributed by atoms with Crippen molar-refractivity contribution < 1.29 is 47.3 Å². The number of phenols is 3. The van der Waals surface area contributed by atoms with Gasteiger partial charge in [-0.15, -0.1) is 0 Å². The van der Waals surface area contributed by atoms with E-state index in [9.17, 15) is 29.7 Å². The molecule has 19 heteroatoms. The van der Waals surface area contributed by atoms with Gasteiger partial charge in [0.2, 0.25) is 12.3 Å². The fourth-order valence-electron chi connectivity index (χ4n) is 8.70. The lowest BCUT2D eigenvalue weighted by atomic mass is 10.0. The number of carbonyl (C=O) groups is 3. The summed E-state index contributed by atoms with van der Waals surface area (Å²) in [6.45, 7) is 1.69. The van der Waals surface area contributed by atoms with Crippen LogP contribution in [0.4, 0.5) is 23.2 Å². The number of carbonyl (C=O) groups excluding carboxylic acids is 3. The Kier molecular flexibility index (Phi) is 15.5. The van der Waals surface area contributed by atoms with E-state index in [4.69, 9.17) is 9.97 Å². The predicted molar refractivity (Wildman–Crippen MR) is 289 cm³/mol. The highest BCUT2D eigenvalue weighted by Gasteiger charge is 2.30. The lowest BCUT2D eigenvalue weighted by Gasteiger charge is -2.14. The zero-order valence-corrected chi connectivity index (χ0v) is 41.4. The highest BCUT2D eigenvalue weighted by atomic mass is 33.1.